The number of hydrogen-bond donors (Lipinski definition) is 2. The van der Waals surface area contributed by atoms with Crippen LogP contribution < -0.4 is 15.8 Å². The van der Waals surface area contributed by atoms with Crippen LogP contribution in [-0.4, -0.2) is 37.8 Å². The minimum Gasteiger partial charge on any atom is -0.497 e. The van der Waals surface area contributed by atoms with Crippen molar-refractivity contribution in [1.29, 1.82) is 0 Å². The molecule has 1 aliphatic carbocycles. The normalized spacial score (nSPS) is 25.8. The Morgan fingerprint density at radius 1 is 1.36 bits per heavy atom. The van der Waals surface area contributed by atoms with E-state index < -0.39 is 5.54 Å². The second kappa shape index (κ2) is 7.75. The van der Waals surface area contributed by atoms with Crippen molar-refractivity contribution in [3.05, 3.63) is 29.8 Å². The first kappa shape index (κ1) is 19.7. The summed E-state index contributed by atoms with van der Waals surface area (Å²) in [6, 6.07) is 8.06. The van der Waals surface area contributed by atoms with E-state index in [1.807, 2.05) is 32.9 Å². The number of ether oxygens (including phenoxy) is 2. The van der Waals surface area contributed by atoms with Crippen molar-refractivity contribution >= 4 is 5.91 Å². The lowest BCUT2D eigenvalue weighted by Gasteiger charge is -2.57. The summed E-state index contributed by atoms with van der Waals surface area (Å²) in [7, 11) is 1.66. The Morgan fingerprint density at radius 2 is 2.00 bits per heavy atom. The van der Waals surface area contributed by atoms with E-state index in [1.165, 1.54) is 5.56 Å². The van der Waals surface area contributed by atoms with Crippen LogP contribution in [0.25, 0.3) is 0 Å². The molecule has 0 aliphatic heterocycles. The number of nitrogens with one attached hydrogen (secondary N) is 1. The van der Waals surface area contributed by atoms with Gasteiger partial charge in [0.05, 0.1) is 13.2 Å². The van der Waals surface area contributed by atoms with Crippen LogP contribution in [0.5, 0.6) is 5.75 Å². The van der Waals surface area contributed by atoms with Gasteiger partial charge in [0, 0.05) is 25.0 Å². The maximum absolute atomic E-state index is 12.6. The highest BCUT2D eigenvalue weighted by molar-refractivity contribution is 5.88. The Bertz CT molecular complexity index is 585. The van der Waals surface area contributed by atoms with Gasteiger partial charge in [-0.2, -0.15) is 0 Å². The Balaban J connectivity index is 1.84. The quantitative estimate of drug-likeness (QED) is 0.758. The summed E-state index contributed by atoms with van der Waals surface area (Å²) in [5.74, 6) is 1.13. The molecule has 25 heavy (non-hydrogen) atoms. The minimum atomic E-state index is -0.851. The van der Waals surface area contributed by atoms with Crippen LogP contribution in [-0.2, 0) is 9.53 Å². The van der Waals surface area contributed by atoms with Crippen molar-refractivity contribution in [1.82, 2.24) is 5.32 Å². The average Bonchev–Trinajstić information content (AvgIpc) is 2.61. The number of methoxy groups -OCH3 is 1. The molecule has 2 rings (SSSR count). The van der Waals surface area contributed by atoms with Crippen LogP contribution >= 0.6 is 0 Å². The molecule has 5 nitrogen and oxygen atoms in total. The van der Waals surface area contributed by atoms with Crippen molar-refractivity contribution in [3.8, 4) is 5.75 Å². The van der Waals surface area contributed by atoms with Gasteiger partial charge in [0.2, 0.25) is 5.91 Å². The summed E-state index contributed by atoms with van der Waals surface area (Å²) < 4.78 is 10.9. The van der Waals surface area contributed by atoms with Crippen molar-refractivity contribution in [3.63, 3.8) is 0 Å². The third kappa shape index (κ3) is 3.82. The number of benzene rings is 1. The molecule has 140 valence electrons. The van der Waals surface area contributed by atoms with Crippen LogP contribution in [0.4, 0.5) is 0 Å². The zero-order chi connectivity index (χ0) is 18.7. The molecule has 3 atom stereocenters. The molecule has 0 saturated heterocycles. The van der Waals surface area contributed by atoms with Crippen LogP contribution in [0.1, 0.15) is 52.0 Å². The monoisotopic (exact) mass is 348 g/mol. The van der Waals surface area contributed by atoms with Gasteiger partial charge in [-0.25, -0.2) is 0 Å². The van der Waals surface area contributed by atoms with E-state index in [0.717, 1.165) is 12.2 Å². The first-order chi connectivity index (χ1) is 11.8. The number of rotatable bonds is 8. The molecule has 0 aromatic heterocycles. The highest BCUT2D eigenvalue weighted by Crippen LogP contribution is 2.49. The molecule has 1 amide bonds. The fourth-order valence-electron chi connectivity index (χ4n) is 3.48. The summed E-state index contributed by atoms with van der Waals surface area (Å²) in [6.45, 7) is 9.40. The van der Waals surface area contributed by atoms with Gasteiger partial charge in [0.25, 0.3) is 0 Å². The van der Waals surface area contributed by atoms with E-state index in [2.05, 4.69) is 24.4 Å². The third-order valence-corrected chi connectivity index (χ3v) is 5.78. The van der Waals surface area contributed by atoms with E-state index in [9.17, 15) is 4.79 Å². The molecule has 1 fully saturated rings. The Morgan fingerprint density at radius 3 is 2.52 bits per heavy atom. The third-order valence-electron chi connectivity index (χ3n) is 5.78. The SMILES string of the molecule is CCOC1CC(N)(C(=O)NCCC(C)c2ccc(OC)cc2)C1(C)C. The van der Waals surface area contributed by atoms with E-state index in [0.29, 0.717) is 25.5 Å². The highest BCUT2D eigenvalue weighted by Gasteiger charge is 2.62. The largest absolute Gasteiger partial charge is 0.497 e. The first-order valence-electron chi connectivity index (χ1n) is 9.09. The smallest absolute Gasteiger partial charge is 0.240 e. The van der Waals surface area contributed by atoms with E-state index >= 15 is 0 Å². The molecule has 1 saturated carbocycles. The van der Waals surface area contributed by atoms with Gasteiger partial charge in [0.15, 0.2) is 0 Å². The first-order valence-corrected chi connectivity index (χ1v) is 9.09. The van der Waals surface area contributed by atoms with Gasteiger partial charge in [0.1, 0.15) is 11.3 Å². The molecule has 3 unspecified atom stereocenters. The topological polar surface area (TPSA) is 73.6 Å². The van der Waals surface area contributed by atoms with Gasteiger partial charge < -0.3 is 20.5 Å². The van der Waals surface area contributed by atoms with Gasteiger partial charge in [-0.05, 0) is 37.0 Å². The van der Waals surface area contributed by atoms with Gasteiger partial charge in [-0.1, -0.05) is 32.9 Å². The van der Waals surface area contributed by atoms with Gasteiger partial charge >= 0.3 is 0 Å². The predicted molar refractivity (Wildman–Crippen MR) is 99.8 cm³/mol. The molecular formula is C20H32N2O3. The Labute approximate surface area is 151 Å². The predicted octanol–water partition coefficient (Wildman–Crippen LogP) is 2.84. The molecule has 5 heteroatoms. The van der Waals surface area contributed by atoms with Crippen molar-refractivity contribution in [2.75, 3.05) is 20.3 Å². The Hall–Kier alpha value is -1.59. The minimum absolute atomic E-state index is 0.0477. The zero-order valence-electron chi connectivity index (χ0n) is 16.1. The lowest BCUT2D eigenvalue weighted by atomic mass is 9.54. The number of nitrogens with two attached hydrogens (primary N) is 1. The number of carbonyl (C=O) groups excluding carboxylic acids is 1. The van der Waals surface area contributed by atoms with Crippen LogP contribution in [0.3, 0.4) is 0 Å². The maximum atomic E-state index is 12.6. The highest BCUT2D eigenvalue weighted by atomic mass is 16.5. The van der Waals surface area contributed by atoms with Crippen LogP contribution in [0.2, 0.25) is 0 Å². The molecule has 0 heterocycles. The lowest BCUT2D eigenvalue weighted by molar-refractivity contribution is -0.170. The maximum Gasteiger partial charge on any atom is 0.240 e. The number of amides is 1. The molecule has 0 bridgehead atoms. The second-order valence-corrected chi connectivity index (χ2v) is 7.56. The second-order valence-electron chi connectivity index (χ2n) is 7.56. The van der Waals surface area contributed by atoms with Gasteiger partial charge in [-0.15, -0.1) is 0 Å². The fraction of sp³-hybridized carbons (Fsp3) is 0.650. The standard InChI is InChI=1S/C20H32N2O3/c1-6-25-17-13-20(21,19(17,3)4)18(23)22-12-11-14(2)15-7-9-16(24-5)10-8-15/h7-10,14,17H,6,11-13,21H2,1-5H3,(H,22,23). The molecule has 1 aromatic rings. The van der Waals surface area contributed by atoms with Gasteiger partial charge in [-0.3, -0.25) is 4.79 Å². The molecule has 0 radical (unpaired) electrons. The summed E-state index contributed by atoms with van der Waals surface area (Å²) >= 11 is 0. The number of carbonyl (C=O) groups is 1. The van der Waals surface area contributed by atoms with Crippen molar-refractivity contribution in [2.45, 2.75) is 58.1 Å². The van der Waals surface area contributed by atoms with Crippen LogP contribution in [0.15, 0.2) is 24.3 Å². The lowest BCUT2D eigenvalue weighted by Crippen LogP contribution is -2.75. The molecular weight excluding hydrogens is 316 g/mol. The molecule has 3 N–H and O–H groups in total. The summed E-state index contributed by atoms with van der Waals surface area (Å²) in [5.41, 5.74) is 6.43. The summed E-state index contributed by atoms with van der Waals surface area (Å²) in [4.78, 5) is 12.6. The number of hydrogen-bond acceptors (Lipinski definition) is 4. The summed E-state index contributed by atoms with van der Waals surface area (Å²) in [6.07, 6.45) is 1.49. The van der Waals surface area contributed by atoms with Crippen molar-refractivity contribution in [2.24, 2.45) is 11.1 Å². The molecule has 1 aromatic carbocycles. The van der Waals surface area contributed by atoms with E-state index in [-0.39, 0.29) is 17.4 Å². The molecule has 1 aliphatic rings. The molecule has 0 spiro atoms. The van der Waals surface area contributed by atoms with Crippen molar-refractivity contribution < 1.29 is 14.3 Å². The summed E-state index contributed by atoms with van der Waals surface area (Å²) in [5, 5.41) is 3.02. The average molecular weight is 348 g/mol. The fourth-order valence-corrected chi connectivity index (χ4v) is 3.48. The van der Waals surface area contributed by atoms with Crippen LogP contribution in [0, 0.1) is 5.41 Å². The van der Waals surface area contributed by atoms with E-state index in [1.54, 1.807) is 7.11 Å². The zero-order valence-corrected chi connectivity index (χ0v) is 16.1. The Kier molecular flexibility index (Phi) is 6.12. The van der Waals surface area contributed by atoms with E-state index in [4.69, 9.17) is 15.2 Å².